The standard InChI is InChI=1S/C30H36ClF2N7O.C2H4/c1-17(34)6-4-7-20-12-24(28(33)25(31)13-20)27-14-21-16-40(30(41)39-29(21)38-27)22-8-9-23(26(32)15-22)18(2)36-10-5-11-37-19(3)35;1-2/h8-9,12-18,36H,4-7,10-11,34H2,1-3H3,(H2,35,37)(H,38,39,41);1-2H2. The molecular formula is C32H40ClF2N7O. The highest BCUT2D eigenvalue weighted by Crippen LogP contribution is 2.31. The van der Waals surface area contributed by atoms with Gasteiger partial charge in [0.05, 0.1) is 22.2 Å². The van der Waals surface area contributed by atoms with Gasteiger partial charge in [-0.1, -0.05) is 17.7 Å². The van der Waals surface area contributed by atoms with E-state index in [-0.39, 0.29) is 22.7 Å². The molecule has 2 heterocycles. The van der Waals surface area contributed by atoms with E-state index in [9.17, 15) is 4.79 Å². The molecule has 230 valence electrons. The van der Waals surface area contributed by atoms with Gasteiger partial charge in [0.1, 0.15) is 11.5 Å². The molecule has 4 rings (SSSR count). The molecule has 0 amide bonds. The summed E-state index contributed by atoms with van der Waals surface area (Å²) in [4.78, 5) is 24.2. The fourth-order valence-corrected chi connectivity index (χ4v) is 4.96. The van der Waals surface area contributed by atoms with Crippen LogP contribution in [0.2, 0.25) is 5.02 Å². The number of benzene rings is 2. The summed E-state index contributed by atoms with van der Waals surface area (Å²) in [6.07, 6.45) is 4.73. The minimum Gasteiger partial charge on any atom is -0.388 e. The number of fused-ring (bicyclic) bond motifs is 1. The number of H-pyrrole nitrogens is 1. The molecule has 2 aromatic heterocycles. The van der Waals surface area contributed by atoms with Crippen LogP contribution in [-0.2, 0) is 6.42 Å². The first kappa shape index (κ1) is 33.6. The summed E-state index contributed by atoms with van der Waals surface area (Å²) in [6, 6.07) is 9.54. The smallest absolute Gasteiger partial charge is 0.354 e. The van der Waals surface area contributed by atoms with Gasteiger partial charge in [-0.05, 0) is 88.9 Å². The van der Waals surface area contributed by atoms with Crippen LogP contribution in [-0.4, -0.2) is 39.5 Å². The van der Waals surface area contributed by atoms with Crippen molar-refractivity contribution in [1.29, 1.82) is 0 Å². The fourth-order valence-electron chi connectivity index (χ4n) is 4.72. The number of aromatic amines is 1. The van der Waals surface area contributed by atoms with E-state index >= 15 is 8.78 Å². The third-order valence-corrected chi connectivity index (χ3v) is 7.16. The van der Waals surface area contributed by atoms with Gasteiger partial charge in [-0.15, -0.1) is 13.2 Å². The molecule has 11 heteroatoms. The lowest BCUT2D eigenvalue weighted by Gasteiger charge is -2.16. The van der Waals surface area contributed by atoms with E-state index in [1.165, 1.54) is 10.6 Å². The molecule has 0 saturated heterocycles. The van der Waals surface area contributed by atoms with Gasteiger partial charge in [-0.2, -0.15) is 4.98 Å². The highest BCUT2D eigenvalue weighted by molar-refractivity contribution is 6.31. The lowest BCUT2D eigenvalue weighted by Crippen LogP contribution is -2.23. The summed E-state index contributed by atoms with van der Waals surface area (Å²) in [5.41, 5.74) is 13.5. The first-order valence-corrected chi connectivity index (χ1v) is 14.6. The van der Waals surface area contributed by atoms with Crippen molar-refractivity contribution in [2.75, 3.05) is 13.1 Å². The quantitative estimate of drug-likeness (QED) is 0.0656. The number of nitrogens with two attached hydrogens (primary N) is 2. The van der Waals surface area contributed by atoms with Crippen LogP contribution in [0.5, 0.6) is 0 Å². The number of amidine groups is 1. The third kappa shape index (κ3) is 8.82. The number of rotatable bonds is 12. The van der Waals surface area contributed by atoms with E-state index in [1.54, 1.807) is 43.5 Å². The molecule has 6 N–H and O–H groups in total. The summed E-state index contributed by atoms with van der Waals surface area (Å²) in [5.74, 6) is -0.474. The molecule has 0 aliphatic carbocycles. The van der Waals surface area contributed by atoms with Crippen molar-refractivity contribution >= 4 is 28.5 Å². The molecule has 0 aliphatic rings. The second-order valence-electron chi connectivity index (χ2n) is 10.4. The highest BCUT2D eigenvalue weighted by Gasteiger charge is 2.17. The van der Waals surface area contributed by atoms with Gasteiger partial charge in [0.25, 0.3) is 0 Å². The maximum atomic E-state index is 15.1. The van der Waals surface area contributed by atoms with Gasteiger partial charge in [0, 0.05) is 41.3 Å². The van der Waals surface area contributed by atoms with E-state index in [0.29, 0.717) is 53.3 Å². The topological polar surface area (TPSA) is 127 Å². The Balaban J connectivity index is 0.00000248. The van der Waals surface area contributed by atoms with E-state index in [1.807, 2.05) is 13.8 Å². The van der Waals surface area contributed by atoms with Crippen molar-refractivity contribution < 1.29 is 8.78 Å². The van der Waals surface area contributed by atoms with Crippen molar-refractivity contribution in [3.8, 4) is 16.9 Å². The molecule has 2 atom stereocenters. The lowest BCUT2D eigenvalue weighted by molar-refractivity contribution is 0.523. The van der Waals surface area contributed by atoms with Crippen molar-refractivity contribution in [2.45, 2.75) is 58.5 Å². The van der Waals surface area contributed by atoms with Crippen molar-refractivity contribution in [3.05, 3.63) is 94.0 Å². The second kappa shape index (κ2) is 15.6. The molecule has 0 saturated carbocycles. The Bertz CT molecular complexity index is 1630. The van der Waals surface area contributed by atoms with Gasteiger partial charge in [0.2, 0.25) is 0 Å². The molecule has 0 aliphatic heterocycles. The zero-order valence-corrected chi connectivity index (χ0v) is 25.6. The van der Waals surface area contributed by atoms with Crippen molar-refractivity contribution in [1.82, 2.24) is 19.9 Å². The summed E-state index contributed by atoms with van der Waals surface area (Å²) < 4.78 is 31.4. The average molecular weight is 612 g/mol. The predicted octanol–water partition coefficient (Wildman–Crippen LogP) is 6.20. The number of halogens is 3. The number of hydrogen-bond acceptors (Lipinski definition) is 5. The summed E-state index contributed by atoms with van der Waals surface area (Å²) in [6.45, 7) is 12.8. The molecule has 0 radical (unpaired) electrons. The Labute approximate surface area is 255 Å². The average Bonchev–Trinajstić information content (AvgIpc) is 3.37. The van der Waals surface area contributed by atoms with Crippen LogP contribution in [0, 0.1) is 11.6 Å². The Morgan fingerprint density at radius 3 is 2.60 bits per heavy atom. The second-order valence-corrected chi connectivity index (χ2v) is 10.9. The van der Waals surface area contributed by atoms with E-state index < -0.39 is 17.3 Å². The predicted molar refractivity (Wildman–Crippen MR) is 173 cm³/mol. The van der Waals surface area contributed by atoms with Gasteiger partial charge in [-0.3, -0.25) is 9.56 Å². The maximum absolute atomic E-state index is 15.1. The molecular weight excluding hydrogens is 572 g/mol. The fraction of sp³-hybridized carbons (Fsp3) is 0.344. The number of nitrogens with one attached hydrogen (secondary N) is 2. The monoisotopic (exact) mass is 611 g/mol. The Morgan fingerprint density at radius 2 is 1.93 bits per heavy atom. The van der Waals surface area contributed by atoms with Crippen molar-refractivity contribution in [3.63, 3.8) is 0 Å². The maximum Gasteiger partial charge on any atom is 0.354 e. The third-order valence-electron chi connectivity index (χ3n) is 6.89. The number of aryl methyl sites for hydroxylation is 1. The Hall–Kier alpha value is -3.86. The zero-order valence-electron chi connectivity index (χ0n) is 24.9. The molecule has 8 nitrogen and oxygen atoms in total. The Kier molecular flexibility index (Phi) is 12.2. The van der Waals surface area contributed by atoms with Gasteiger partial charge in [-0.25, -0.2) is 13.6 Å². The van der Waals surface area contributed by atoms with Crippen LogP contribution in [0.3, 0.4) is 0 Å². The summed E-state index contributed by atoms with van der Waals surface area (Å²) in [5, 5.41) is 3.85. The van der Waals surface area contributed by atoms with Crippen LogP contribution in [0.15, 0.2) is 65.5 Å². The normalized spacial score (nSPS) is 13.0. The largest absolute Gasteiger partial charge is 0.388 e. The van der Waals surface area contributed by atoms with E-state index in [4.69, 9.17) is 23.1 Å². The zero-order chi connectivity index (χ0) is 31.7. The van der Waals surface area contributed by atoms with Crippen LogP contribution < -0.4 is 22.5 Å². The summed E-state index contributed by atoms with van der Waals surface area (Å²) in [7, 11) is 0. The highest BCUT2D eigenvalue weighted by atomic mass is 35.5. The number of nitrogens with zero attached hydrogens (tertiary/aromatic N) is 3. The molecule has 0 bridgehead atoms. The minimum atomic E-state index is -0.594. The minimum absolute atomic E-state index is 0.0166. The molecule has 43 heavy (non-hydrogen) atoms. The van der Waals surface area contributed by atoms with Gasteiger partial charge < -0.3 is 21.8 Å². The van der Waals surface area contributed by atoms with Crippen LogP contribution in [0.25, 0.3) is 28.0 Å². The summed E-state index contributed by atoms with van der Waals surface area (Å²) >= 11 is 6.21. The van der Waals surface area contributed by atoms with Gasteiger partial charge in [0.15, 0.2) is 5.82 Å². The molecule has 0 spiro atoms. The first-order chi connectivity index (χ1) is 20.5. The lowest BCUT2D eigenvalue weighted by atomic mass is 10.0. The van der Waals surface area contributed by atoms with E-state index in [2.05, 4.69) is 33.4 Å². The van der Waals surface area contributed by atoms with Crippen LogP contribution in [0.1, 0.15) is 57.2 Å². The Morgan fingerprint density at radius 1 is 1.19 bits per heavy atom. The molecule has 4 aromatic rings. The molecule has 0 fully saturated rings. The number of aromatic nitrogens is 3. The van der Waals surface area contributed by atoms with Gasteiger partial charge >= 0.3 is 5.69 Å². The molecule has 2 aromatic carbocycles. The van der Waals surface area contributed by atoms with Crippen LogP contribution in [0.4, 0.5) is 8.78 Å². The van der Waals surface area contributed by atoms with E-state index in [0.717, 1.165) is 24.8 Å². The SMILES string of the molecule is C=C.CC(N)=NCCCNC(C)c1ccc(-n2cc3cc(-c4cc(CCCC(C)N)cc(Cl)c4F)[nH]c3nc2=O)cc1F. The van der Waals surface area contributed by atoms with Crippen LogP contribution >= 0.6 is 11.6 Å². The van der Waals surface area contributed by atoms with Crippen molar-refractivity contribution in [2.24, 2.45) is 16.5 Å². The molecule has 2 unspecified atom stereocenters. The number of hydrogen-bond donors (Lipinski definition) is 4. The number of aliphatic imine (C=N–C) groups is 1. The first-order valence-electron chi connectivity index (χ1n) is 14.2.